The van der Waals surface area contributed by atoms with Gasteiger partial charge in [-0.1, -0.05) is 53.3 Å². The van der Waals surface area contributed by atoms with Crippen molar-refractivity contribution in [2.75, 3.05) is 12.0 Å². The van der Waals surface area contributed by atoms with Gasteiger partial charge in [-0.3, -0.25) is 4.98 Å². The van der Waals surface area contributed by atoms with E-state index in [2.05, 4.69) is 56.9 Å². The van der Waals surface area contributed by atoms with Gasteiger partial charge in [0.25, 0.3) is 0 Å². The lowest BCUT2D eigenvalue weighted by atomic mass is 10.0. The molecule has 0 saturated heterocycles. The topological polar surface area (TPSA) is 64.7 Å². The summed E-state index contributed by atoms with van der Waals surface area (Å²) in [6, 6.07) is 4.19. The maximum atomic E-state index is 5.89. The molecule has 25 heavy (non-hydrogen) atoms. The average molecular weight is 445 g/mol. The number of nitrogen functional groups attached to an aromatic ring is 1. The molecule has 4 nitrogen and oxygen atoms in total. The first kappa shape index (κ1) is 24.2. The van der Waals surface area contributed by atoms with Crippen LogP contribution in [0.4, 0.5) is 5.82 Å². The number of hydrogen-bond acceptors (Lipinski definition) is 6. The molecule has 140 valence electrons. The molecule has 7 heteroatoms. The molecule has 0 aromatic carbocycles. The van der Waals surface area contributed by atoms with Crippen LogP contribution in [0.15, 0.2) is 33.0 Å². The monoisotopic (exact) mass is 444 g/mol. The largest absolute Gasteiger partial charge is 0.383 e. The number of nitrogens with two attached hydrogens (primary N) is 1. The summed E-state index contributed by atoms with van der Waals surface area (Å²) in [6.45, 7) is 12.4. The van der Waals surface area contributed by atoms with Crippen LogP contribution in [-0.4, -0.2) is 21.2 Å². The van der Waals surface area contributed by atoms with Crippen molar-refractivity contribution in [2.45, 2.75) is 63.4 Å². The smallest absolute Gasteiger partial charge is 0.191 e. The minimum absolute atomic E-state index is 0.473. The van der Waals surface area contributed by atoms with Crippen molar-refractivity contribution >= 4 is 45.3 Å². The summed E-state index contributed by atoms with van der Waals surface area (Å²) in [5.74, 6) is 1.70. The van der Waals surface area contributed by atoms with E-state index < -0.39 is 0 Å². The summed E-state index contributed by atoms with van der Waals surface area (Å²) in [5, 5.41) is 1.53. The predicted molar refractivity (Wildman–Crippen MR) is 117 cm³/mol. The van der Waals surface area contributed by atoms with E-state index in [1.54, 1.807) is 23.5 Å². The standard InChI is InChI=1S/C14H17BrN4S2.2C2H6/c1-8(2)9-4-5-17-10(6-9)7-21-14-18-12(16)11(15)13(19-14)20-3;2*1-2/h4-6,8H,7H2,1-3H3,(H2,16,18,19);2*1-2H3. The molecule has 0 saturated carbocycles. The Bertz CT molecular complexity index is 636. The third-order valence-corrected chi connectivity index (χ3v) is 5.48. The summed E-state index contributed by atoms with van der Waals surface area (Å²) in [7, 11) is 0. The molecule has 0 unspecified atom stereocenters. The number of halogens is 1. The van der Waals surface area contributed by atoms with Crippen molar-refractivity contribution in [1.82, 2.24) is 15.0 Å². The van der Waals surface area contributed by atoms with Crippen molar-refractivity contribution in [3.8, 4) is 0 Å². The van der Waals surface area contributed by atoms with E-state index in [4.69, 9.17) is 5.73 Å². The minimum atomic E-state index is 0.473. The quantitative estimate of drug-likeness (QED) is 0.326. The molecule has 0 amide bonds. The van der Waals surface area contributed by atoms with E-state index in [-0.39, 0.29) is 0 Å². The summed E-state index contributed by atoms with van der Waals surface area (Å²) >= 11 is 6.50. The minimum Gasteiger partial charge on any atom is -0.383 e. The molecule has 0 aliphatic carbocycles. The van der Waals surface area contributed by atoms with Gasteiger partial charge in [0.1, 0.15) is 10.8 Å². The van der Waals surface area contributed by atoms with Crippen molar-refractivity contribution < 1.29 is 0 Å². The third kappa shape index (κ3) is 7.96. The third-order valence-electron chi connectivity index (χ3n) is 2.88. The van der Waals surface area contributed by atoms with Crippen LogP contribution in [0.3, 0.4) is 0 Å². The maximum Gasteiger partial charge on any atom is 0.191 e. The van der Waals surface area contributed by atoms with Crippen LogP contribution >= 0.6 is 39.5 Å². The van der Waals surface area contributed by atoms with Gasteiger partial charge in [-0.15, -0.1) is 11.8 Å². The molecule has 0 bridgehead atoms. The highest BCUT2D eigenvalue weighted by Gasteiger charge is 2.10. The van der Waals surface area contributed by atoms with Crippen LogP contribution in [0.25, 0.3) is 0 Å². The number of anilines is 1. The summed E-state index contributed by atoms with van der Waals surface area (Å²) < 4.78 is 0.763. The van der Waals surface area contributed by atoms with E-state index in [0.717, 1.165) is 20.9 Å². The Morgan fingerprint density at radius 2 is 1.80 bits per heavy atom. The van der Waals surface area contributed by atoms with Gasteiger partial charge in [0, 0.05) is 11.9 Å². The van der Waals surface area contributed by atoms with Gasteiger partial charge in [-0.2, -0.15) is 0 Å². The lowest BCUT2D eigenvalue weighted by molar-refractivity contribution is 0.857. The highest BCUT2D eigenvalue weighted by atomic mass is 79.9. The number of hydrogen-bond donors (Lipinski definition) is 1. The molecule has 0 radical (unpaired) electrons. The van der Waals surface area contributed by atoms with Crippen LogP contribution in [0.1, 0.15) is 58.7 Å². The summed E-state index contributed by atoms with van der Waals surface area (Å²) in [6.07, 6.45) is 3.82. The molecule has 2 aromatic rings. The molecule has 0 aliphatic heterocycles. The second kappa shape index (κ2) is 13.4. The SMILES string of the molecule is CC.CC.CSc1nc(SCc2cc(C(C)C)ccn2)nc(N)c1Br. The van der Waals surface area contributed by atoms with Gasteiger partial charge in [-0.25, -0.2) is 9.97 Å². The second-order valence-corrected chi connectivity index (χ2v) is 7.27. The molecule has 0 fully saturated rings. The second-order valence-electron chi connectivity index (χ2n) is 4.74. The van der Waals surface area contributed by atoms with E-state index in [0.29, 0.717) is 16.9 Å². The van der Waals surface area contributed by atoms with Crippen molar-refractivity contribution in [2.24, 2.45) is 0 Å². The zero-order valence-electron chi connectivity index (χ0n) is 16.1. The van der Waals surface area contributed by atoms with E-state index >= 15 is 0 Å². The maximum absolute atomic E-state index is 5.89. The fraction of sp³-hybridized carbons (Fsp3) is 0.500. The average Bonchev–Trinajstić information content (AvgIpc) is 2.66. The molecular formula is C18H29BrN4S2. The van der Waals surface area contributed by atoms with Gasteiger partial charge in [0.2, 0.25) is 0 Å². The lowest BCUT2D eigenvalue weighted by Crippen LogP contribution is -1.99. The number of nitrogens with zero attached hydrogens (tertiary/aromatic N) is 3. The molecular weight excluding hydrogens is 416 g/mol. The van der Waals surface area contributed by atoms with Crippen molar-refractivity contribution in [3.63, 3.8) is 0 Å². The van der Waals surface area contributed by atoms with Crippen LogP contribution in [0, 0.1) is 0 Å². The van der Waals surface area contributed by atoms with E-state index in [9.17, 15) is 0 Å². The van der Waals surface area contributed by atoms with Gasteiger partial charge in [0.15, 0.2) is 5.16 Å². The van der Waals surface area contributed by atoms with Gasteiger partial charge in [-0.05, 0) is 45.8 Å². The first-order valence-electron chi connectivity index (χ1n) is 8.46. The Hall–Kier alpha value is -0.790. The van der Waals surface area contributed by atoms with Gasteiger partial charge >= 0.3 is 0 Å². The fourth-order valence-electron chi connectivity index (χ4n) is 1.70. The summed E-state index contributed by atoms with van der Waals surface area (Å²) in [4.78, 5) is 13.2. The van der Waals surface area contributed by atoms with Crippen LogP contribution in [-0.2, 0) is 5.75 Å². The Morgan fingerprint density at radius 1 is 1.16 bits per heavy atom. The number of rotatable bonds is 5. The number of thioether (sulfide) groups is 2. The highest BCUT2D eigenvalue weighted by molar-refractivity contribution is 9.10. The molecule has 2 heterocycles. The predicted octanol–water partition coefficient (Wildman–Crippen LogP) is 6.41. The van der Waals surface area contributed by atoms with Crippen LogP contribution in [0.5, 0.6) is 0 Å². The van der Waals surface area contributed by atoms with E-state index in [1.165, 1.54) is 5.56 Å². The molecule has 0 spiro atoms. The van der Waals surface area contributed by atoms with Gasteiger partial charge in [0.05, 0.1) is 10.2 Å². The zero-order valence-corrected chi connectivity index (χ0v) is 19.3. The van der Waals surface area contributed by atoms with Crippen LogP contribution in [0.2, 0.25) is 0 Å². The number of aromatic nitrogens is 3. The van der Waals surface area contributed by atoms with Crippen molar-refractivity contribution in [3.05, 3.63) is 34.1 Å². The van der Waals surface area contributed by atoms with Gasteiger partial charge < -0.3 is 5.73 Å². The highest BCUT2D eigenvalue weighted by Crippen LogP contribution is 2.31. The molecule has 0 aliphatic rings. The first-order chi connectivity index (χ1) is 12.0. The first-order valence-corrected chi connectivity index (χ1v) is 11.5. The normalized spacial score (nSPS) is 9.80. The Morgan fingerprint density at radius 3 is 2.36 bits per heavy atom. The Labute approximate surface area is 169 Å². The van der Waals surface area contributed by atoms with E-state index in [1.807, 2.05) is 40.1 Å². The molecule has 2 rings (SSSR count). The Kier molecular flexibility index (Phi) is 13.0. The zero-order chi connectivity index (χ0) is 19.4. The molecule has 0 atom stereocenters. The number of pyridine rings is 1. The lowest BCUT2D eigenvalue weighted by Gasteiger charge is -2.08. The van der Waals surface area contributed by atoms with Crippen molar-refractivity contribution in [1.29, 1.82) is 0 Å². The molecule has 2 aromatic heterocycles. The fourth-order valence-corrected chi connectivity index (χ4v) is 3.63. The van der Waals surface area contributed by atoms with Crippen LogP contribution < -0.4 is 5.73 Å². The molecule has 2 N–H and O–H groups in total. The Balaban J connectivity index is 0.00000134. The summed E-state index contributed by atoms with van der Waals surface area (Å²) in [5.41, 5.74) is 8.21.